The molecule has 0 bridgehead atoms. The molecule has 4 nitrogen and oxygen atoms in total. The minimum absolute atomic E-state index is 0.349. The van der Waals surface area contributed by atoms with Gasteiger partial charge in [0.05, 0.1) is 7.11 Å². The van der Waals surface area contributed by atoms with Gasteiger partial charge in [0.15, 0.2) is 16.7 Å². The molecule has 2 rings (SSSR count). The molecule has 0 atom stereocenters. The third-order valence-electron chi connectivity index (χ3n) is 2.51. The van der Waals surface area contributed by atoms with Crippen molar-refractivity contribution >= 4 is 17.4 Å². The lowest BCUT2D eigenvalue weighted by Gasteiger charge is -2.09. The Morgan fingerprint density at radius 3 is 3.00 bits per heavy atom. The molecule has 0 aromatic carbocycles. The summed E-state index contributed by atoms with van der Waals surface area (Å²) in [6, 6.07) is 0. The number of nitrogens with one attached hydrogen (secondary N) is 1. The lowest BCUT2D eigenvalue weighted by atomic mass is 10.3. The first-order valence-corrected chi connectivity index (χ1v) is 5.47. The van der Waals surface area contributed by atoms with Crippen LogP contribution in [0.15, 0.2) is 6.33 Å². The average Bonchev–Trinajstić information content (AvgIpc) is 3.02. The molecule has 1 heterocycles. The van der Waals surface area contributed by atoms with E-state index < -0.39 is 0 Å². The highest BCUT2D eigenvalue weighted by atomic mass is 35.5. The van der Waals surface area contributed by atoms with Gasteiger partial charge in [-0.1, -0.05) is 24.4 Å². The van der Waals surface area contributed by atoms with Crippen molar-refractivity contribution in [2.24, 2.45) is 5.92 Å². The summed E-state index contributed by atoms with van der Waals surface area (Å²) < 4.78 is 5.13. The van der Waals surface area contributed by atoms with E-state index >= 15 is 0 Å². The third kappa shape index (κ3) is 2.72. The van der Waals surface area contributed by atoms with Crippen LogP contribution >= 0.6 is 11.6 Å². The third-order valence-corrected chi connectivity index (χ3v) is 2.78. The predicted molar refractivity (Wildman–Crippen MR) is 59.4 cm³/mol. The van der Waals surface area contributed by atoms with Crippen LogP contribution in [-0.2, 0) is 0 Å². The van der Waals surface area contributed by atoms with E-state index in [0.29, 0.717) is 16.7 Å². The zero-order valence-corrected chi connectivity index (χ0v) is 9.42. The minimum Gasteiger partial charge on any atom is -0.490 e. The molecular formula is C10H14ClN3O. The summed E-state index contributed by atoms with van der Waals surface area (Å²) in [7, 11) is 1.57. The lowest BCUT2D eigenvalue weighted by Crippen LogP contribution is -2.06. The van der Waals surface area contributed by atoms with Crippen molar-refractivity contribution in [1.29, 1.82) is 0 Å². The monoisotopic (exact) mass is 227 g/mol. The normalized spacial score (nSPS) is 15.1. The lowest BCUT2D eigenvalue weighted by molar-refractivity contribution is 0.413. The van der Waals surface area contributed by atoms with Crippen molar-refractivity contribution in [2.45, 2.75) is 19.3 Å². The van der Waals surface area contributed by atoms with Crippen LogP contribution in [0.3, 0.4) is 0 Å². The fourth-order valence-electron chi connectivity index (χ4n) is 1.46. The van der Waals surface area contributed by atoms with Crippen molar-refractivity contribution in [3.8, 4) is 5.75 Å². The standard InChI is InChI=1S/C10H14ClN3O/c1-15-8-9(11)13-6-14-10(8)12-5-4-7-2-3-7/h6-7H,2-5H2,1H3,(H,12,13,14). The summed E-state index contributed by atoms with van der Waals surface area (Å²) in [5, 5.41) is 3.56. The fourth-order valence-corrected chi connectivity index (χ4v) is 1.67. The average molecular weight is 228 g/mol. The molecule has 0 saturated heterocycles. The fraction of sp³-hybridized carbons (Fsp3) is 0.600. The molecule has 0 amide bonds. The maximum absolute atomic E-state index is 5.87. The Balaban J connectivity index is 1.95. The number of anilines is 1. The van der Waals surface area contributed by atoms with E-state index in [1.807, 2.05) is 0 Å². The SMILES string of the molecule is COc1c(Cl)ncnc1NCCC1CC1. The molecule has 1 aromatic rings. The van der Waals surface area contributed by atoms with Gasteiger partial charge in [-0.3, -0.25) is 0 Å². The molecule has 1 N–H and O–H groups in total. The van der Waals surface area contributed by atoms with Crippen molar-refractivity contribution in [3.63, 3.8) is 0 Å². The van der Waals surface area contributed by atoms with Gasteiger partial charge in [0.2, 0.25) is 0 Å². The maximum Gasteiger partial charge on any atom is 0.198 e. The van der Waals surface area contributed by atoms with E-state index in [0.717, 1.165) is 12.5 Å². The van der Waals surface area contributed by atoms with Crippen LogP contribution in [0.1, 0.15) is 19.3 Å². The number of ether oxygens (including phenoxy) is 1. The van der Waals surface area contributed by atoms with Gasteiger partial charge in [-0.15, -0.1) is 0 Å². The van der Waals surface area contributed by atoms with Crippen LogP contribution in [0.25, 0.3) is 0 Å². The van der Waals surface area contributed by atoms with Crippen molar-refractivity contribution in [3.05, 3.63) is 11.5 Å². The Kier molecular flexibility index (Phi) is 3.26. The molecule has 1 saturated carbocycles. The van der Waals surface area contributed by atoms with Crippen LogP contribution in [0.4, 0.5) is 5.82 Å². The number of halogens is 1. The molecule has 0 unspecified atom stereocenters. The number of hydrogen-bond donors (Lipinski definition) is 1. The summed E-state index contributed by atoms with van der Waals surface area (Å²) in [6.45, 7) is 0.911. The van der Waals surface area contributed by atoms with Crippen LogP contribution in [0.5, 0.6) is 5.75 Å². The minimum atomic E-state index is 0.349. The molecule has 0 spiro atoms. The predicted octanol–water partition coefficient (Wildman–Crippen LogP) is 2.35. The second kappa shape index (κ2) is 4.66. The smallest absolute Gasteiger partial charge is 0.198 e. The van der Waals surface area contributed by atoms with Crippen molar-refractivity contribution < 1.29 is 4.74 Å². The van der Waals surface area contributed by atoms with E-state index in [2.05, 4.69) is 15.3 Å². The first-order chi connectivity index (χ1) is 7.31. The number of nitrogens with zero attached hydrogens (tertiary/aromatic N) is 2. The van der Waals surface area contributed by atoms with Gasteiger partial charge in [-0.2, -0.15) is 0 Å². The molecule has 82 valence electrons. The molecule has 0 aliphatic heterocycles. The second-order valence-corrected chi connectivity index (χ2v) is 4.06. The Labute approximate surface area is 94.0 Å². The molecule has 0 radical (unpaired) electrons. The summed E-state index contributed by atoms with van der Waals surface area (Å²) in [4.78, 5) is 7.95. The summed E-state index contributed by atoms with van der Waals surface area (Å²) in [5.41, 5.74) is 0. The number of methoxy groups -OCH3 is 1. The van der Waals surface area contributed by atoms with Gasteiger partial charge in [-0.25, -0.2) is 9.97 Å². The van der Waals surface area contributed by atoms with Crippen molar-refractivity contribution in [1.82, 2.24) is 9.97 Å². The number of hydrogen-bond acceptors (Lipinski definition) is 4. The van der Waals surface area contributed by atoms with Gasteiger partial charge in [-0.05, 0) is 12.3 Å². The molecule has 1 aromatic heterocycles. The van der Waals surface area contributed by atoms with E-state index in [4.69, 9.17) is 16.3 Å². The molecule has 5 heteroatoms. The zero-order chi connectivity index (χ0) is 10.7. The Bertz CT molecular complexity index is 341. The zero-order valence-electron chi connectivity index (χ0n) is 8.66. The number of rotatable bonds is 5. The van der Waals surface area contributed by atoms with Gasteiger partial charge in [0.25, 0.3) is 0 Å². The highest BCUT2D eigenvalue weighted by Crippen LogP contribution is 2.33. The maximum atomic E-state index is 5.87. The molecule has 1 aliphatic carbocycles. The van der Waals surface area contributed by atoms with Crippen LogP contribution in [-0.4, -0.2) is 23.6 Å². The first kappa shape index (κ1) is 10.5. The quantitative estimate of drug-likeness (QED) is 0.785. The summed E-state index contributed by atoms with van der Waals surface area (Å²) in [6.07, 6.45) is 5.35. The summed E-state index contributed by atoms with van der Waals surface area (Å²) >= 11 is 5.87. The largest absolute Gasteiger partial charge is 0.490 e. The van der Waals surface area contributed by atoms with Gasteiger partial charge < -0.3 is 10.1 Å². The van der Waals surface area contributed by atoms with Crippen LogP contribution in [0, 0.1) is 5.92 Å². The summed E-state index contributed by atoms with van der Waals surface area (Å²) in [5.74, 6) is 2.11. The van der Waals surface area contributed by atoms with Crippen LogP contribution < -0.4 is 10.1 Å². The highest BCUT2D eigenvalue weighted by Gasteiger charge is 2.20. The van der Waals surface area contributed by atoms with Gasteiger partial charge in [0, 0.05) is 6.54 Å². The van der Waals surface area contributed by atoms with E-state index in [1.165, 1.54) is 25.6 Å². The highest BCUT2D eigenvalue weighted by molar-refractivity contribution is 6.31. The Morgan fingerprint density at radius 1 is 1.53 bits per heavy atom. The van der Waals surface area contributed by atoms with Crippen LogP contribution in [0.2, 0.25) is 5.15 Å². The van der Waals surface area contributed by atoms with Crippen molar-refractivity contribution in [2.75, 3.05) is 19.0 Å². The topological polar surface area (TPSA) is 47.0 Å². The first-order valence-electron chi connectivity index (χ1n) is 5.09. The Morgan fingerprint density at radius 2 is 2.33 bits per heavy atom. The second-order valence-electron chi connectivity index (χ2n) is 3.71. The molecule has 1 fully saturated rings. The van der Waals surface area contributed by atoms with E-state index in [-0.39, 0.29) is 0 Å². The molecular weight excluding hydrogens is 214 g/mol. The van der Waals surface area contributed by atoms with Gasteiger partial charge in [0.1, 0.15) is 6.33 Å². The molecule has 1 aliphatic rings. The van der Waals surface area contributed by atoms with Gasteiger partial charge >= 0.3 is 0 Å². The molecule has 15 heavy (non-hydrogen) atoms. The van der Waals surface area contributed by atoms with E-state index in [1.54, 1.807) is 7.11 Å². The Hall–Kier alpha value is -1.03. The van der Waals surface area contributed by atoms with E-state index in [9.17, 15) is 0 Å². The number of aromatic nitrogens is 2.